The van der Waals surface area contributed by atoms with E-state index in [1.54, 1.807) is 35.2 Å². The fraction of sp³-hybridized carbons (Fsp3) is 0.444. The summed E-state index contributed by atoms with van der Waals surface area (Å²) in [4.78, 5) is 32.7. The number of aromatic nitrogens is 3. The Morgan fingerprint density at radius 3 is 2.86 bits per heavy atom. The highest BCUT2D eigenvalue weighted by molar-refractivity contribution is 6.36. The van der Waals surface area contributed by atoms with Crippen molar-refractivity contribution in [2.75, 3.05) is 51.3 Å². The van der Waals surface area contributed by atoms with Gasteiger partial charge in [0.25, 0.3) is 0 Å². The third-order valence-electron chi connectivity index (χ3n) is 10.8. The fourth-order valence-corrected chi connectivity index (χ4v) is 8.18. The number of benzene rings is 2. The average molecular weight is 692 g/mol. The number of rotatable bonds is 8. The molecule has 4 saturated heterocycles. The molecule has 1 amide bonds. The van der Waals surface area contributed by atoms with Crippen LogP contribution in [0.5, 0.6) is 6.01 Å². The number of ether oxygens (including phenoxy) is 1. The molecule has 0 radical (unpaired) electrons. The molecule has 9 nitrogen and oxygen atoms in total. The number of hydrogen-bond acceptors (Lipinski definition) is 8. The third kappa shape index (κ3) is 5.77. The second-order valence-electron chi connectivity index (χ2n) is 13.7. The molecule has 2 aromatic carbocycles. The Kier molecular flexibility index (Phi) is 8.36. The standard InChI is InChI=1S/C36H37ClF3N7O2/c1-45(24-11-15-46(19-24)28(48)9-7-23-10-13-41-23)34-26-17-42-32(25-5-2-4-21-6-8-27(39)30(37)29(21)25)31(40)33(26)43-35(44-34)49-20-36-12-3-14-47(36)18-22(38)16-36/h2,4-9,17,22-24,41H,3,10-16,18-20H2,1H3/b9-7+/t22-,23?,24-,36+/m1/s1. The molecule has 1 unspecified atom stereocenters. The van der Waals surface area contributed by atoms with Gasteiger partial charge in [0, 0.05) is 68.4 Å². The average Bonchev–Trinajstić information content (AvgIpc) is 3.79. The molecule has 2 aromatic heterocycles. The number of pyridine rings is 1. The third-order valence-corrected chi connectivity index (χ3v) is 11.1. The van der Waals surface area contributed by atoms with E-state index >= 15 is 4.39 Å². The van der Waals surface area contributed by atoms with E-state index in [1.165, 1.54) is 12.3 Å². The Hall–Kier alpha value is -4.00. The highest BCUT2D eigenvalue weighted by Crippen LogP contribution is 2.41. The molecule has 4 atom stereocenters. The van der Waals surface area contributed by atoms with Crippen LogP contribution in [0.2, 0.25) is 5.02 Å². The molecule has 49 heavy (non-hydrogen) atoms. The van der Waals surface area contributed by atoms with Crippen LogP contribution in [0.25, 0.3) is 32.9 Å². The number of fused-ring (bicyclic) bond motifs is 3. The first-order valence-electron chi connectivity index (χ1n) is 16.9. The van der Waals surface area contributed by atoms with Gasteiger partial charge in [-0.2, -0.15) is 9.97 Å². The first-order chi connectivity index (χ1) is 23.7. The first-order valence-corrected chi connectivity index (χ1v) is 17.3. The second kappa shape index (κ2) is 12.7. The molecule has 1 N–H and O–H groups in total. The first kappa shape index (κ1) is 32.2. The van der Waals surface area contributed by atoms with Gasteiger partial charge in [-0.05, 0) is 50.2 Å². The summed E-state index contributed by atoms with van der Waals surface area (Å²) in [5.41, 5.74) is -0.178. The summed E-state index contributed by atoms with van der Waals surface area (Å²) in [6.45, 7) is 3.34. The van der Waals surface area contributed by atoms with Crippen molar-refractivity contribution in [3.05, 3.63) is 65.3 Å². The molecule has 4 aliphatic heterocycles. The summed E-state index contributed by atoms with van der Waals surface area (Å²) in [6.07, 6.45) is 7.95. The van der Waals surface area contributed by atoms with Gasteiger partial charge in [-0.3, -0.25) is 14.7 Å². The lowest BCUT2D eigenvalue weighted by molar-refractivity contribution is -0.125. The zero-order chi connectivity index (χ0) is 33.9. The molecular weight excluding hydrogens is 655 g/mol. The number of halogens is 4. The minimum absolute atomic E-state index is 0.0150. The molecule has 0 bridgehead atoms. The smallest absolute Gasteiger partial charge is 0.319 e. The molecule has 0 spiro atoms. The van der Waals surface area contributed by atoms with Gasteiger partial charge in [0.1, 0.15) is 35.6 Å². The Bertz CT molecular complexity index is 1980. The van der Waals surface area contributed by atoms with E-state index in [-0.39, 0.29) is 46.8 Å². The molecule has 4 aliphatic rings. The maximum atomic E-state index is 16.8. The lowest BCUT2D eigenvalue weighted by Gasteiger charge is -2.31. The van der Waals surface area contributed by atoms with Gasteiger partial charge >= 0.3 is 6.01 Å². The van der Waals surface area contributed by atoms with Crippen LogP contribution in [-0.2, 0) is 4.79 Å². The van der Waals surface area contributed by atoms with E-state index in [0.717, 1.165) is 32.4 Å². The Balaban J connectivity index is 1.17. The number of hydrogen-bond donors (Lipinski definition) is 1. The van der Waals surface area contributed by atoms with Crippen molar-refractivity contribution < 1.29 is 22.7 Å². The van der Waals surface area contributed by atoms with Crippen LogP contribution in [0.15, 0.2) is 48.7 Å². The number of nitrogens with zero attached hydrogens (tertiary/aromatic N) is 6. The predicted octanol–water partition coefficient (Wildman–Crippen LogP) is 5.69. The Morgan fingerprint density at radius 1 is 1.18 bits per heavy atom. The number of carbonyl (C=O) groups is 1. The molecule has 256 valence electrons. The quantitative estimate of drug-likeness (QED) is 0.236. The Morgan fingerprint density at radius 2 is 2.04 bits per heavy atom. The Labute approximate surface area is 287 Å². The van der Waals surface area contributed by atoms with Gasteiger partial charge < -0.3 is 19.9 Å². The van der Waals surface area contributed by atoms with Crippen molar-refractivity contribution in [1.29, 1.82) is 0 Å². The monoisotopic (exact) mass is 691 g/mol. The largest absolute Gasteiger partial charge is 0.461 e. The molecular formula is C36H37ClF3N7O2. The van der Waals surface area contributed by atoms with Crippen molar-refractivity contribution in [2.24, 2.45) is 0 Å². The summed E-state index contributed by atoms with van der Waals surface area (Å²) in [6, 6.07) is 8.13. The van der Waals surface area contributed by atoms with Crippen LogP contribution < -0.4 is 15.0 Å². The minimum atomic E-state index is -0.931. The highest BCUT2D eigenvalue weighted by Gasteiger charge is 2.49. The second-order valence-corrected chi connectivity index (χ2v) is 14.1. The van der Waals surface area contributed by atoms with E-state index in [2.05, 4.69) is 20.2 Å². The van der Waals surface area contributed by atoms with E-state index < -0.39 is 23.3 Å². The molecule has 6 heterocycles. The number of amides is 1. The molecule has 4 aromatic rings. The summed E-state index contributed by atoms with van der Waals surface area (Å²) >= 11 is 6.41. The molecule has 4 fully saturated rings. The van der Waals surface area contributed by atoms with Gasteiger partial charge in [0.2, 0.25) is 5.91 Å². The van der Waals surface area contributed by atoms with Crippen LogP contribution in [0, 0.1) is 11.6 Å². The highest BCUT2D eigenvalue weighted by atomic mass is 35.5. The normalized spacial score (nSPS) is 25.4. The van der Waals surface area contributed by atoms with Crippen molar-refractivity contribution in [3.63, 3.8) is 0 Å². The number of carbonyl (C=O) groups excluding carboxylic acids is 1. The maximum absolute atomic E-state index is 16.8. The van der Waals surface area contributed by atoms with Gasteiger partial charge in [0.05, 0.1) is 15.9 Å². The van der Waals surface area contributed by atoms with E-state index in [0.29, 0.717) is 60.0 Å². The lowest BCUT2D eigenvalue weighted by atomic mass is 9.95. The van der Waals surface area contributed by atoms with Crippen LogP contribution in [-0.4, -0.2) is 101 Å². The molecule has 0 saturated carbocycles. The molecule has 8 rings (SSSR count). The van der Waals surface area contributed by atoms with E-state index in [9.17, 15) is 13.6 Å². The zero-order valence-corrected chi connectivity index (χ0v) is 27.9. The van der Waals surface area contributed by atoms with Crippen LogP contribution in [0.3, 0.4) is 0 Å². The summed E-state index contributed by atoms with van der Waals surface area (Å²) in [5, 5.41) is 4.49. The van der Waals surface area contributed by atoms with Crippen LogP contribution in [0.4, 0.5) is 19.0 Å². The van der Waals surface area contributed by atoms with Gasteiger partial charge in [-0.1, -0.05) is 41.9 Å². The van der Waals surface area contributed by atoms with E-state index in [1.807, 2.05) is 18.0 Å². The van der Waals surface area contributed by atoms with Crippen molar-refractivity contribution >= 4 is 45.0 Å². The number of anilines is 1. The molecule has 0 aliphatic carbocycles. The summed E-state index contributed by atoms with van der Waals surface area (Å²) in [5.74, 6) is -0.988. The fourth-order valence-electron chi connectivity index (χ4n) is 7.91. The van der Waals surface area contributed by atoms with E-state index in [4.69, 9.17) is 21.3 Å². The van der Waals surface area contributed by atoms with Gasteiger partial charge in [-0.15, -0.1) is 0 Å². The topological polar surface area (TPSA) is 86.7 Å². The van der Waals surface area contributed by atoms with Gasteiger partial charge in [-0.25, -0.2) is 13.2 Å². The SMILES string of the molecule is CN(c1nc(OC[C@@]23CCCN2C[C@H](F)C3)nc2c(F)c(-c3cccc4ccc(F)c(Cl)c34)ncc12)[C@@H]1CCN(C(=O)/C=C/C2CCN2)C1. The summed E-state index contributed by atoms with van der Waals surface area (Å²) in [7, 11) is 1.86. The number of alkyl halides is 1. The number of likely N-dealkylation sites (tertiary alicyclic amines) is 1. The predicted molar refractivity (Wildman–Crippen MR) is 183 cm³/mol. The lowest BCUT2D eigenvalue weighted by Crippen LogP contribution is -2.43. The zero-order valence-electron chi connectivity index (χ0n) is 27.1. The van der Waals surface area contributed by atoms with Crippen LogP contribution >= 0.6 is 11.6 Å². The van der Waals surface area contributed by atoms with Crippen molar-refractivity contribution in [3.8, 4) is 17.3 Å². The molecule has 13 heteroatoms. The van der Waals surface area contributed by atoms with Crippen LogP contribution in [0.1, 0.15) is 32.1 Å². The number of likely N-dealkylation sites (N-methyl/N-ethyl adjacent to an activating group) is 1. The number of nitrogens with one attached hydrogen (secondary N) is 1. The minimum Gasteiger partial charge on any atom is -0.461 e. The van der Waals surface area contributed by atoms with Gasteiger partial charge in [0.15, 0.2) is 5.82 Å². The van der Waals surface area contributed by atoms with Crippen molar-refractivity contribution in [2.45, 2.75) is 55.9 Å². The maximum Gasteiger partial charge on any atom is 0.319 e. The van der Waals surface area contributed by atoms with Crippen molar-refractivity contribution in [1.82, 2.24) is 30.1 Å². The summed E-state index contributed by atoms with van der Waals surface area (Å²) < 4.78 is 52.2.